The molecule has 20 heavy (non-hydrogen) atoms. The number of aliphatic carboxylic acids is 1. The van der Waals surface area contributed by atoms with E-state index in [-0.39, 0.29) is 12.5 Å². The molecular formula is C12H19N5O3. The lowest BCUT2D eigenvalue weighted by molar-refractivity contribution is -0.137. The summed E-state index contributed by atoms with van der Waals surface area (Å²) in [6, 6.07) is -0.0934. The molecule has 0 aromatic carbocycles. The highest BCUT2D eigenvalue weighted by atomic mass is 16.4. The number of aromatic nitrogens is 2. The lowest BCUT2D eigenvalue weighted by Gasteiger charge is -2.34. The molecule has 1 fully saturated rings. The van der Waals surface area contributed by atoms with Gasteiger partial charge in [0.25, 0.3) is 0 Å². The van der Waals surface area contributed by atoms with Crippen LogP contribution in [0.5, 0.6) is 0 Å². The molecule has 1 aromatic heterocycles. The first kappa shape index (κ1) is 14.3. The highest BCUT2D eigenvalue weighted by molar-refractivity contribution is 5.74. The predicted octanol–water partition coefficient (Wildman–Crippen LogP) is -0.288. The monoisotopic (exact) mass is 281 g/mol. The molecule has 1 saturated heterocycles. The number of urea groups is 1. The lowest BCUT2D eigenvalue weighted by atomic mass is 10.3. The first-order valence-electron chi connectivity index (χ1n) is 6.60. The smallest absolute Gasteiger partial charge is 0.317 e. The van der Waals surface area contributed by atoms with Crippen LogP contribution in [-0.4, -0.2) is 69.8 Å². The Labute approximate surface area is 116 Å². The number of hydrogen-bond donors (Lipinski definition) is 3. The minimum atomic E-state index is -0.787. The second-order valence-electron chi connectivity index (χ2n) is 4.74. The van der Waals surface area contributed by atoms with E-state index >= 15 is 0 Å². The number of H-pyrrole nitrogens is 1. The van der Waals surface area contributed by atoms with Crippen molar-refractivity contribution in [2.75, 3.05) is 32.7 Å². The van der Waals surface area contributed by atoms with Gasteiger partial charge in [0.1, 0.15) is 0 Å². The Bertz CT molecular complexity index is 440. The fourth-order valence-electron chi connectivity index (χ4n) is 2.09. The largest absolute Gasteiger partial charge is 0.481 e. The number of hydrogen-bond acceptors (Lipinski definition) is 4. The van der Waals surface area contributed by atoms with Crippen molar-refractivity contribution in [3.05, 3.63) is 18.0 Å². The van der Waals surface area contributed by atoms with Gasteiger partial charge < -0.3 is 15.3 Å². The average molecular weight is 281 g/mol. The van der Waals surface area contributed by atoms with E-state index in [2.05, 4.69) is 20.4 Å². The van der Waals surface area contributed by atoms with Crippen molar-refractivity contribution >= 4 is 12.0 Å². The summed E-state index contributed by atoms with van der Waals surface area (Å²) >= 11 is 0. The second-order valence-corrected chi connectivity index (χ2v) is 4.74. The third-order valence-corrected chi connectivity index (χ3v) is 3.30. The maximum absolute atomic E-state index is 11.9. The Morgan fingerprint density at radius 2 is 2.10 bits per heavy atom. The fourth-order valence-corrected chi connectivity index (χ4v) is 2.09. The van der Waals surface area contributed by atoms with Crippen molar-refractivity contribution in [2.24, 2.45) is 0 Å². The number of nitrogens with zero attached hydrogens (tertiary/aromatic N) is 3. The normalized spacial score (nSPS) is 16.1. The van der Waals surface area contributed by atoms with Crippen LogP contribution in [0, 0.1) is 0 Å². The predicted molar refractivity (Wildman–Crippen MR) is 71.1 cm³/mol. The number of carboxylic acids is 1. The number of amides is 2. The number of nitrogens with one attached hydrogen (secondary N) is 2. The summed E-state index contributed by atoms with van der Waals surface area (Å²) < 4.78 is 0. The molecule has 110 valence electrons. The van der Waals surface area contributed by atoms with Crippen LogP contribution in [0.25, 0.3) is 0 Å². The van der Waals surface area contributed by atoms with Crippen LogP contribution in [0.2, 0.25) is 0 Å². The molecule has 2 rings (SSSR count). The number of carboxylic acid groups (broad SMARTS) is 1. The molecule has 1 aliphatic heterocycles. The van der Waals surface area contributed by atoms with Crippen LogP contribution in [-0.2, 0) is 11.3 Å². The first-order valence-corrected chi connectivity index (χ1v) is 6.60. The van der Waals surface area contributed by atoms with E-state index in [4.69, 9.17) is 5.11 Å². The number of carbonyl (C=O) groups is 2. The van der Waals surface area contributed by atoms with Gasteiger partial charge >= 0.3 is 12.0 Å². The van der Waals surface area contributed by atoms with Crippen LogP contribution in [0.4, 0.5) is 4.79 Å². The molecule has 1 aromatic rings. The third kappa shape index (κ3) is 4.23. The standard InChI is InChI=1S/C12H19N5O3/c18-11(19)1-2-16-3-5-17(6-4-16)12(20)13-7-10-8-14-15-9-10/h8-9H,1-7H2,(H,13,20)(H,14,15)(H,18,19). The summed E-state index contributed by atoms with van der Waals surface area (Å²) in [5.74, 6) is -0.787. The van der Waals surface area contributed by atoms with Crippen molar-refractivity contribution < 1.29 is 14.7 Å². The highest BCUT2D eigenvalue weighted by Crippen LogP contribution is 2.03. The van der Waals surface area contributed by atoms with Crippen LogP contribution in [0.15, 0.2) is 12.4 Å². The molecule has 0 radical (unpaired) electrons. The summed E-state index contributed by atoms with van der Waals surface area (Å²) in [7, 11) is 0. The minimum Gasteiger partial charge on any atom is -0.481 e. The van der Waals surface area contributed by atoms with E-state index in [1.54, 1.807) is 17.3 Å². The number of rotatable bonds is 5. The van der Waals surface area contributed by atoms with Gasteiger partial charge in [0, 0.05) is 51.0 Å². The van der Waals surface area contributed by atoms with E-state index in [1.165, 1.54) is 0 Å². The summed E-state index contributed by atoms with van der Waals surface area (Å²) in [5, 5.41) is 18.0. The molecule has 0 bridgehead atoms. The van der Waals surface area contributed by atoms with Gasteiger partial charge in [-0.15, -0.1) is 0 Å². The van der Waals surface area contributed by atoms with E-state index < -0.39 is 5.97 Å². The maximum atomic E-state index is 11.9. The Morgan fingerprint density at radius 3 is 2.70 bits per heavy atom. The van der Waals surface area contributed by atoms with Crippen LogP contribution in [0.1, 0.15) is 12.0 Å². The average Bonchev–Trinajstić information content (AvgIpc) is 2.96. The van der Waals surface area contributed by atoms with Gasteiger partial charge in [-0.1, -0.05) is 0 Å². The second kappa shape index (κ2) is 6.90. The van der Waals surface area contributed by atoms with Crippen molar-refractivity contribution in [3.8, 4) is 0 Å². The number of piperazine rings is 1. The summed E-state index contributed by atoms with van der Waals surface area (Å²) in [6.45, 7) is 3.67. The molecule has 2 amide bonds. The van der Waals surface area contributed by atoms with E-state index in [0.717, 1.165) is 5.56 Å². The molecule has 1 aliphatic rings. The van der Waals surface area contributed by atoms with Crippen molar-refractivity contribution in [1.82, 2.24) is 25.3 Å². The minimum absolute atomic E-state index is 0.0934. The van der Waals surface area contributed by atoms with E-state index in [1.807, 2.05) is 0 Å². The summed E-state index contributed by atoms with van der Waals surface area (Å²) in [6.07, 6.45) is 3.56. The summed E-state index contributed by atoms with van der Waals surface area (Å²) in [4.78, 5) is 26.3. The Hall–Kier alpha value is -2.09. The van der Waals surface area contributed by atoms with Crippen LogP contribution < -0.4 is 5.32 Å². The molecule has 2 heterocycles. The fraction of sp³-hybridized carbons (Fsp3) is 0.583. The molecule has 0 unspecified atom stereocenters. The molecule has 8 heteroatoms. The van der Waals surface area contributed by atoms with Gasteiger partial charge in [0.15, 0.2) is 0 Å². The molecule has 0 aliphatic carbocycles. The molecule has 0 spiro atoms. The molecule has 0 atom stereocenters. The van der Waals surface area contributed by atoms with E-state index in [9.17, 15) is 9.59 Å². The number of aromatic amines is 1. The van der Waals surface area contributed by atoms with Gasteiger partial charge in [-0.25, -0.2) is 4.79 Å². The SMILES string of the molecule is O=C(O)CCN1CCN(C(=O)NCc2cn[nH]c2)CC1. The molecular weight excluding hydrogens is 262 g/mol. The van der Waals surface area contributed by atoms with E-state index in [0.29, 0.717) is 39.3 Å². The van der Waals surface area contributed by atoms with Gasteiger partial charge in [-0.2, -0.15) is 5.10 Å². The third-order valence-electron chi connectivity index (χ3n) is 3.30. The van der Waals surface area contributed by atoms with Gasteiger partial charge in [-0.3, -0.25) is 14.8 Å². The van der Waals surface area contributed by atoms with Crippen molar-refractivity contribution in [1.29, 1.82) is 0 Å². The van der Waals surface area contributed by atoms with Gasteiger partial charge in [-0.05, 0) is 0 Å². The Kier molecular flexibility index (Phi) is 4.94. The number of carbonyl (C=O) groups excluding carboxylic acids is 1. The van der Waals surface area contributed by atoms with Gasteiger partial charge in [0.05, 0.1) is 12.6 Å². The zero-order valence-corrected chi connectivity index (χ0v) is 11.2. The quantitative estimate of drug-likeness (QED) is 0.688. The molecule has 3 N–H and O–H groups in total. The highest BCUT2D eigenvalue weighted by Gasteiger charge is 2.20. The molecule has 8 nitrogen and oxygen atoms in total. The summed E-state index contributed by atoms with van der Waals surface area (Å²) in [5.41, 5.74) is 0.929. The molecule has 0 saturated carbocycles. The zero-order chi connectivity index (χ0) is 14.4. The Balaban J connectivity index is 1.67. The Morgan fingerprint density at radius 1 is 1.35 bits per heavy atom. The van der Waals surface area contributed by atoms with Crippen LogP contribution in [0.3, 0.4) is 0 Å². The lowest BCUT2D eigenvalue weighted by Crippen LogP contribution is -2.51. The topological polar surface area (TPSA) is 102 Å². The zero-order valence-electron chi connectivity index (χ0n) is 11.2. The van der Waals surface area contributed by atoms with Crippen LogP contribution >= 0.6 is 0 Å². The maximum Gasteiger partial charge on any atom is 0.317 e. The first-order chi connectivity index (χ1) is 9.65. The van der Waals surface area contributed by atoms with Crippen molar-refractivity contribution in [3.63, 3.8) is 0 Å². The van der Waals surface area contributed by atoms with Crippen molar-refractivity contribution in [2.45, 2.75) is 13.0 Å². The van der Waals surface area contributed by atoms with Gasteiger partial charge in [0.2, 0.25) is 0 Å².